The summed E-state index contributed by atoms with van der Waals surface area (Å²) in [6.07, 6.45) is 9.06. The number of allylic oxidation sites excluding steroid dienone is 4. The summed E-state index contributed by atoms with van der Waals surface area (Å²) in [4.78, 5) is 2.49. The van der Waals surface area contributed by atoms with Crippen LogP contribution in [0.25, 0.3) is 87.7 Å². The highest BCUT2D eigenvalue weighted by Gasteiger charge is 2.27. The molecule has 1 aliphatic rings. The summed E-state index contributed by atoms with van der Waals surface area (Å²) in [6.45, 7) is 0. The molecule has 9 aromatic carbocycles. The summed E-state index contributed by atoms with van der Waals surface area (Å²) in [5.74, 6) is 0. The highest BCUT2D eigenvalue weighted by Crippen LogP contribution is 2.50. The first-order chi connectivity index (χ1) is 29.3. The maximum atomic E-state index is 6.74. The number of para-hydroxylation sites is 3. The van der Waals surface area contributed by atoms with E-state index in [1.54, 1.807) is 0 Å². The van der Waals surface area contributed by atoms with E-state index in [9.17, 15) is 0 Å². The Hall–Kier alpha value is -7.62. The minimum atomic E-state index is 0.873. The van der Waals surface area contributed by atoms with Crippen molar-refractivity contribution in [3.63, 3.8) is 0 Å². The highest BCUT2D eigenvalue weighted by molar-refractivity contribution is 6.28. The number of rotatable bonds is 6. The molecule has 0 saturated carbocycles. The number of nitrogens with zero attached hydrogens (tertiary/aromatic N) is 2. The molecule has 11 aromatic rings. The van der Waals surface area contributed by atoms with Crippen molar-refractivity contribution >= 4 is 87.9 Å². The van der Waals surface area contributed by atoms with Gasteiger partial charge in [0.15, 0.2) is 0 Å². The van der Waals surface area contributed by atoms with Crippen LogP contribution in [0, 0.1) is 0 Å². The van der Waals surface area contributed by atoms with E-state index in [2.05, 4.69) is 216 Å². The molecule has 0 saturated heterocycles. The molecule has 2 aromatic heterocycles. The van der Waals surface area contributed by atoms with E-state index in [-0.39, 0.29) is 0 Å². The Kier molecular flexibility index (Phi) is 7.67. The van der Waals surface area contributed by atoms with Crippen LogP contribution >= 0.6 is 0 Å². The molecule has 0 N–H and O–H groups in total. The van der Waals surface area contributed by atoms with Gasteiger partial charge in [0, 0.05) is 49.9 Å². The number of aromatic nitrogens is 1. The van der Waals surface area contributed by atoms with Gasteiger partial charge in [0.25, 0.3) is 0 Å². The minimum Gasteiger partial charge on any atom is -0.456 e. The number of hydrogen-bond donors (Lipinski definition) is 0. The smallest absolute Gasteiger partial charge is 0.138 e. The molecule has 0 amide bonds. The third-order valence-electron chi connectivity index (χ3n) is 12.2. The lowest BCUT2D eigenvalue weighted by atomic mass is 9.94. The molecule has 0 spiro atoms. The number of fused-ring (bicyclic) bond motifs is 9. The summed E-state index contributed by atoms with van der Waals surface area (Å²) in [6, 6.07) is 68.3. The molecule has 0 fully saturated rings. The topological polar surface area (TPSA) is 21.3 Å². The first-order valence-electron chi connectivity index (χ1n) is 20.5. The SMILES string of the molecule is C1=CC(c2ccc(N(c3cc4ccccc4c4ccccc34)c3cccc4c5c(-c6ccccc6)c6c(cc5n(-c5ccccc5)c34)oc3ccccc36)cc2)=CCC1. The second-order valence-electron chi connectivity index (χ2n) is 15.5. The van der Waals surface area contributed by atoms with E-state index in [4.69, 9.17) is 4.42 Å². The normalized spacial score (nSPS) is 13.0. The number of furan rings is 1. The molecule has 0 aliphatic heterocycles. The number of anilines is 3. The van der Waals surface area contributed by atoms with Gasteiger partial charge in [-0.1, -0.05) is 158 Å². The van der Waals surface area contributed by atoms with E-state index >= 15 is 0 Å². The maximum absolute atomic E-state index is 6.74. The summed E-state index contributed by atoms with van der Waals surface area (Å²) in [5.41, 5.74) is 13.2. The second kappa shape index (κ2) is 13.5. The number of hydrogen-bond acceptors (Lipinski definition) is 2. The fraction of sp³-hybridized carbons (Fsp3) is 0.0357. The molecule has 12 rings (SSSR count). The third kappa shape index (κ3) is 5.28. The van der Waals surface area contributed by atoms with Gasteiger partial charge < -0.3 is 13.9 Å². The van der Waals surface area contributed by atoms with E-state index in [1.807, 2.05) is 0 Å². The van der Waals surface area contributed by atoms with Crippen molar-refractivity contribution in [3.05, 3.63) is 212 Å². The Morgan fingerprint density at radius 2 is 1.17 bits per heavy atom. The molecule has 2 heterocycles. The summed E-state index contributed by atoms with van der Waals surface area (Å²) < 4.78 is 9.20. The van der Waals surface area contributed by atoms with Gasteiger partial charge >= 0.3 is 0 Å². The van der Waals surface area contributed by atoms with Gasteiger partial charge in [0.05, 0.1) is 22.4 Å². The molecule has 3 nitrogen and oxygen atoms in total. The molecular weight excluding hydrogens is 717 g/mol. The van der Waals surface area contributed by atoms with Crippen molar-refractivity contribution in [2.75, 3.05) is 4.90 Å². The summed E-state index contributed by atoms with van der Waals surface area (Å²) in [7, 11) is 0. The van der Waals surface area contributed by atoms with Gasteiger partial charge in [-0.3, -0.25) is 0 Å². The predicted molar refractivity (Wildman–Crippen MR) is 250 cm³/mol. The van der Waals surface area contributed by atoms with Gasteiger partial charge in [-0.15, -0.1) is 0 Å². The zero-order valence-corrected chi connectivity index (χ0v) is 32.3. The first-order valence-corrected chi connectivity index (χ1v) is 20.5. The molecular formula is C56H38N2O. The lowest BCUT2D eigenvalue weighted by molar-refractivity contribution is 0.669. The van der Waals surface area contributed by atoms with Gasteiger partial charge in [-0.05, 0) is 88.2 Å². The van der Waals surface area contributed by atoms with Crippen molar-refractivity contribution in [1.82, 2.24) is 4.57 Å². The zero-order valence-electron chi connectivity index (χ0n) is 32.3. The zero-order chi connectivity index (χ0) is 38.9. The van der Waals surface area contributed by atoms with Crippen LogP contribution in [-0.4, -0.2) is 4.57 Å². The van der Waals surface area contributed by atoms with E-state index in [1.165, 1.54) is 49.0 Å². The van der Waals surface area contributed by atoms with Gasteiger partial charge in [-0.2, -0.15) is 0 Å². The summed E-state index contributed by atoms with van der Waals surface area (Å²) >= 11 is 0. The molecule has 0 bridgehead atoms. The van der Waals surface area contributed by atoms with Crippen molar-refractivity contribution in [2.24, 2.45) is 0 Å². The molecule has 278 valence electrons. The first kappa shape index (κ1) is 33.5. The highest BCUT2D eigenvalue weighted by atomic mass is 16.3. The van der Waals surface area contributed by atoms with Crippen molar-refractivity contribution in [3.8, 4) is 16.8 Å². The Morgan fingerprint density at radius 3 is 1.97 bits per heavy atom. The molecule has 1 aliphatic carbocycles. The lowest BCUT2D eigenvalue weighted by Crippen LogP contribution is -2.12. The fourth-order valence-corrected chi connectivity index (χ4v) is 9.59. The van der Waals surface area contributed by atoms with E-state index in [0.29, 0.717) is 0 Å². The standard InChI is InChI=1S/C56H38N2O/c1-4-17-37(18-5-1)38-31-33-42(34-32-38)57(49-35-40-21-10-11-24-43(40)44-25-12-13-26-45(44)49)48-29-16-28-47-54-50(58(56(47)48)41-22-8-3-9-23-41)36-52-55(46-27-14-15-30-51(46)59-52)53(54)39-19-6-2-7-20-39/h2-4,6-36H,1,5H2. The van der Waals surface area contributed by atoms with Crippen molar-refractivity contribution in [2.45, 2.75) is 12.8 Å². The van der Waals surface area contributed by atoms with Crippen LogP contribution in [0.15, 0.2) is 211 Å². The fourth-order valence-electron chi connectivity index (χ4n) is 9.59. The van der Waals surface area contributed by atoms with Gasteiger partial charge in [0.1, 0.15) is 11.2 Å². The van der Waals surface area contributed by atoms with Crippen LogP contribution in [0.2, 0.25) is 0 Å². The molecule has 0 unspecified atom stereocenters. The summed E-state index contributed by atoms with van der Waals surface area (Å²) in [5, 5.41) is 9.51. The van der Waals surface area contributed by atoms with Gasteiger partial charge in [-0.25, -0.2) is 0 Å². The quantitative estimate of drug-likeness (QED) is 0.158. The van der Waals surface area contributed by atoms with E-state index in [0.717, 1.165) is 74.1 Å². The molecule has 0 radical (unpaired) electrons. The lowest BCUT2D eigenvalue weighted by Gasteiger charge is -2.29. The maximum Gasteiger partial charge on any atom is 0.138 e. The predicted octanol–water partition coefficient (Wildman–Crippen LogP) is 15.9. The second-order valence-corrected chi connectivity index (χ2v) is 15.5. The Morgan fingerprint density at radius 1 is 0.475 bits per heavy atom. The van der Waals surface area contributed by atoms with Crippen LogP contribution in [0.3, 0.4) is 0 Å². The van der Waals surface area contributed by atoms with Crippen LogP contribution in [-0.2, 0) is 0 Å². The molecule has 59 heavy (non-hydrogen) atoms. The third-order valence-corrected chi connectivity index (χ3v) is 12.2. The monoisotopic (exact) mass is 754 g/mol. The average Bonchev–Trinajstić information content (AvgIpc) is 3.85. The van der Waals surface area contributed by atoms with E-state index < -0.39 is 0 Å². The Bertz CT molecular complexity index is 3480. The minimum absolute atomic E-state index is 0.873. The molecule has 3 heteroatoms. The van der Waals surface area contributed by atoms with Crippen LogP contribution in [0.4, 0.5) is 17.1 Å². The Balaban J connectivity index is 1.24. The van der Waals surface area contributed by atoms with Crippen LogP contribution < -0.4 is 4.90 Å². The van der Waals surface area contributed by atoms with Crippen molar-refractivity contribution in [1.29, 1.82) is 0 Å². The van der Waals surface area contributed by atoms with Gasteiger partial charge in [0.2, 0.25) is 0 Å². The number of benzene rings is 9. The van der Waals surface area contributed by atoms with Crippen LogP contribution in [0.1, 0.15) is 18.4 Å². The van der Waals surface area contributed by atoms with Crippen molar-refractivity contribution < 1.29 is 4.42 Å². The van der Waals surface area contributed by atoms with Crippen LogP contribution in [0.5, 0.6) is 0 Å². The molecule has 0 atom stereocenters. The Labute approximate surface area is 342 Å². The largest absolute Gasteiger partial charge is 0.456 e. The average molecular weight is 755 g/mol.